The molecule has 1 saturated heterocycles. The van der Waals surface area contributed by atoms with Crippen LogP contribution in [-0.2, 0) is 11.8 Å². The molecule has 1 aliphatic rings. The Hall–Kier alpha value is -5.25. The zero-order chi connectivity index (χ0) is 30.0. The lowest BCUT2D eigenvalue weighted by molar-refractivity contribution is -0.192. The summed E-state index contributed by atoms with van der Waals surface area (Å²) in [6, 6.07) is 15.3. The van der Waals surface area contributed by atoms with E-state index in [9.17, 15) is 22.8 Å². The molecule has 42 heavy (non-hydrogen) atoms. The highest BCUT2D eigenvalue weighted by molar-refractivity contribution is 5.87. The molecule has 1 fully saturated rings. The third kappa shape index (κ3) is 5.78. The summed E-state index contributed by atoms with van der Waals surface area (Å²) in [6.07, 6.45) is 6.09. The zero-order valence-electron chi connectivity index (χ0n) is 22.1. The predicted molar refractivity (Wildman–Crippen MR) is 145 cm³/mol. The van der Waals surface area contributed by atoms with Crippen LogP contribution < -0.4 is 4.90 Å². The number of benzene rings is 1. The molecule has 0 saturated carbocycles. The summed E-state index contributed by atoms with van der Waals surface area (Å²) in [5, 5.41) is 25.5. The highest BCUT2D eigenvalue weighted by Crippen LogP contribution is 2.37. The Labute approximate surface area is 236 Å². The molecule has 0 spiro atoms. The van der Waals surface area contributed by atoms with Gasteiger partial charge in [0.15, 0.2) is 0 Å². The molecule has 13 heteroatoms. The fourth-order valence-corrected chi connectivity index (χ4v) is 4.94. The Balaban J connectivity index is 0.000000451. The molecule has 1 aliphatic heterocycles. The van der Waals surface area contributed by atoms with Crippen LogP contribution in [0, 0.1) is 17.1 Å². The molecule has 0 aliphatic carbocycles. The maximum Gasteiger partial charge on any atom is 0.490 e. The van der Waals surface area contributed by atoms with Gasteiger partial charge in [0.05, 0.1) is 29.5 Å². The maximum atomic E-state index is 13.4. The van der Waals surface area contributed by atoms with Gasteiger partial charge in [-0.25, -0.2) is 18.7 Å². The second kappa shape index (κ2) is 11.3. The molecule has 9 nitrogen and oxygen atoms in total. The lowest BCUT2D eigenvalue weighted by Gasteiger charge is -2.26. The number of carboxylic acids is 1. The van der Waals surface area contributed by atoms with Gasteiger partial charge in [0.25, 0.3) is 0 Å². The van der Waals surface area contributed by atoms with E-state index >= 15 is 0 Å². The van der Waals surface area contributed by atoms with Gasteiger partial charge in [-0.3, -0.25) is 4.68 Å². The number of fused-ring (bicyclic) bond motifs is 1. The van der Waals surface area contributed by atoms with E-state index in [0.29, 0.717) is 5.56 Å². The average molecular weight is 578 g/mol. The third-order valence-corrected chi connectivity index (χ3v) is 6.87. The number of nitrogens with zero attached hydrogens (tertiary/aromatic N) is 7. The normalized spacial score (nSPS) is 14.9. The molecule has 6 rings (SSSR count). The van der Waals surface area contributed by atoms with Crippen molar-refractivity contribution in [3.8, 4) is 28.3 Å². The minimum atomic E-state index is -5.08. The van der Waals surface area contributed by atoms with Crippen molar-refractivity contribution in [1.29, 1.82) is 5.26 Å². The van der Waals surface area contributed by atoms with Gasteiger partial charge in [0.1, 0.15) is 17.7 Å². The van der Waals surface area contributed by atoms with E-state index in [-0.39, 0.29) is 11.9 Å². The summed E-state index contributed by atoms with van der Waals surface area (Å²) in [5.41, 5.74) is 6.06. The first-order valence-corrected chi connectivity index (χ1v) is 12.7. The molecular formula is C29H23F4N7O2. The number of pyridine rings is 2. The number of aryl methyl sites for hydroxylation is 1. The summed E-state index contributed by atoms with van der Waals surface area (Å²) >= 11 is 0. The van der Waals surface area contributed by atoms with Crippen molar-refractivity contribution in [2.75, 3.05) is 11.4 Å². The van der Waals surface area contributed by atoms with E-state index in [1.807, 2.05) is 56.1 Å². The van der Waals surface area contributed by atoms with E-state index in [1.165, 1.54) is 12.1 Å². The number of aromatic nitrogens is 5. The van der Waals surface area contributed by atoms with Crippen molar-refractivity contribution in [3.05, 3.63) is 90.4 Å². The first kappa shape index (κ1) is 28.3. The Morgan fingerprint density at radius 2 is 1.76 bits per heavy atom. The highest BCUT2D eigenvalue weighted by Gasteiger charge is 2.38. The van der Waals surface area contributed by atoms with Gasteiger partial charge < -0.3 is 10.0 Å². The van der Waals surface area contributed by atoms with Crippen LogP contribution in [0.25, 0.3) is 27.8 Å². The summed E-state index contributed by atoms with van der Waals surface area (Å²) < 4.78 is 48.7. The molecule has 1 unspecified atom stereocenters. The molecule has 0 amide bonds. The first-order chi connectivity index (χ1) is 20.0. The quantitative estimate of drug-likeness (QED) is 0.270. The number of halogens is 4. The second-order valence-corrected chi connectivity index (χ2v) is 9.62. The van der Waals surface area contributed by atoms with Crippen molar-refractivity contribution in [1.82, 2.24) is 24.4 Å². The van der Waals surface area contributed by atoms with Crippen LogP contribution in [0.5, 0.6) is 0 Å². The third-order valence-electron chi connectivity index (χ3n) is 6.87. The molecule has 0 radical (unpaired) electrons. The molecule has 1 atom stereocenters. The smallest absolute Gasteiger partial charge is 0.475 e. The molecule has 5 heterocycles. The topological polar surface area (TPSA) is 112 Å². The fraction of sp³-hybridized carbons (Fsp3) is 0.207. The van der Waals surface area contributed by atoms with Crippen molar-refractivity contribution in [3.63, 3.8) is 0 Å². The fourth-order valence-electron chi connectivity index (χ4n) is 4.94. The molecule has 0 bridgehead atoms. The number of carboxylic acid groups (broad SMARTS) is 1. The van der Waals surface area contributed by atoms with Gasteiger partial charge in [-0.1, -0.05) is 12.1 Å². The monoisotopic (exact) mass is 577 g/mol. The van der Waals surface area contributed by atoms with Crippen LogP contribution in [0.3, 0.4) is 0 Å². The Morgan fingerprint density at radius 1 is 1.02 bits per heavy atom. The van der Waals surface area contributed by atoms with E-state index < -0.39 is 12.1 Å². The SMILES string of the molecule is Cn1cc(-c2cc(-c3ccc(N4CCCC4c4ccc(F)cc4)nc3)c3c(C#N)cnn3c2)cn1.O=C(O)C(F)(F)F. The van der Waals surface area contributed by atoms with Crippen molar-refractivity contribution in [2.24, 2.45) is 7.05 Å². The van der Waals surface area contributed by atoms with Crippen LogP contribution in [-0.4, -0.2) is 48.2 Å². The van der Waals surface area contributed by atoms with Gasteiger partial charge in [-0.15, -0.1) is 0 Å². The van der Waals surface area contributed by atoms with Crippen LogP contribution >= 0.6 is 0 Å². The molecule has 5 aromatic rings. The lowest BCUT2D eigenvalue weighted by atomic mass is 10.0. The van der Waals surface area contributed by atoms with Crippen molar-refractivity contribution < 1.29 is 27.5 Å². The maximum absolute atomic E-state index is 13.4. The molecular weight excluding hydrogens is 554 g/mol. The Bertz CT molecular complexity index is 1770. The highest BCUT2D eigenvalue weighted by atomic mass is 19.4. The van der Waals surface area contributed by atoms with Crippen LogP contribution in [0.4, 0.5) is 23.4 Å². The van der Waals surface area contributed by atoms with Gasteiger partial charge in [0.2, 0.25) is 0 Å². The minimum absolute atomic E-state index is 0.176. The van der Waals surface area contributed by atoms with Crippen LogP contribution in [0.15, 0.2) is 73.4 Å². The molecule has 214 valence electrons. The van der Waals surface area contributed by atoms with Gasteiger partial charge in [-0.05, 0) is 48.7 Å². The number of hydrogen-bond donors (Lipinski definition) is 1. The van der Waals surface area contributed by atoms with Crippen molar-refractivity contribution in [2.45, 2.75) is 25.1 Å². The summed E-state index contributed by atoms with van der Waals surface area (Å²) in [4.78, 5) is 16.0. The number of rotatable bonds is 4. The van der Waals surface area contributed by atoms with E-state index in [0.717, 1.165) is 58.5 Å². The lowest BCUT2D eigenvalue weighted by Crippen LogP contribution is -2.23. The first-order valence-electron chi connectivity index (χ1n) is 12.7. The number of aliphatic carboxylic acids is 1. The van der Waals surface area contributed by atoms with Gasteiger partial charge in [-0.2, -0.15) is 28.6 Å². The standard InChI is InChI=1S/C27H22FN7.C2HF3O2/c1-33-16-22(15-31-33)20-11-24(27-21(12-29)14-32-35(27)17-20)19-6-9-26(30-13-19)34-10-2-3-25(34)18-4-7-23(28)8-5-18;3-2(4,5)1(6)7/h4-9,11,13-17,25H,2-3,10H2,1H3;(H,6,7). The molecule has 4 aromatic heterocycles. The summed E-state index contributed by atoms with van der Waals surface area (Å²) in [5.74, 6) is -2.10. The summed E-state index contributed by atoms with van der Waals surface area (Å²) in [6.45, 7) is 0.899. The predicted octanol–water partition coefficient (Wildman–Crippen LogP) is 5.78. The van der Waals surface area contributed by atoms with Crippen LogP contribution in [0.2, 0.25) is 0 Å². The van der Waals surface area contributed by atoms with E-state index in [2.05, 4.69) is 27.2 Å². The molecule has 1 N–H and O–H groups in total. The minimum Gasteiger partial charge on any atom is -0.475 e. The van der Waals surface area contributed by atoms with E-state index in [1.54, 1.807) is 15.4 Å². The largest absolute Gasteiger partial charge is 0.490 e. The average Bonchev–Trinajstić information content (AvgIpc) is 3.72. The van der Waals surface area contributed by atoms with Gasteiger partial charge in [0, 0.05) is 54.4 Å². The molecule has 1 aromatic carbocycles. The second-order valence-electron chi connectivity index (χ2n) is 9.62. The van der Waals surface area contributed by atoms with Crippen molar-refractivity contribution >= 4 is 17.3 Å². The zero-order valence-corrected chi connectivity index (χ0v) is 22.1. The number of alkyl halides is 3. The Kier molecular flexibility index (Phi) is 7.62. The van der Waals surface area contributed by atoms with Crippen LogP contribution in [0.1, 0.15) is 30.0 Å². The van der Waals surface area contributed by atoms with Gasteiger partial charge >= 0.3 is 12.1 Å². The van der Waals surface area contributed by atoms with E-state index in [4.69, 9.17) is 14.9 Å². The number of anilines is 1. The summed E-state index contributed by atoms with van der Waals surface area (Å²) in [7, 11) is 1.88. The number of nitriles is 1. The Morgan fingerprint density at radius 3 is 2.36 bits per heavy atom. The number of hydrogen-bond acceptors (Lipinski definition) is 6. The number of carbonyl (C=O) groups is 1.